The topological polar surface area (TPSA) is 58.6 Å². The molecule has 1 aliphatic heterocycles. The van der Waals surface area contributed by atoms with Crippen LogP contribution >= 0.6 is 0 Å². The fraction of sp³-hybridized carbons (Fsp3) is 0.333. The van der Waals surface area contributed by atoms with E-state index in [1.807, 2.05) is 56.3 Å². The number of nitrogens with one attached hydrogen (secondary N) is 1. The number of benzene rings is 2. The van der Waals surface area contributed by atoms with Crippen molar-refractivity contribution in [2.75, 3.05) is 19.6 Å². The molecule has 0 aromatic heterocycles. The number of nitrogens with zero attached hydrogens (tertiary/aromatic N) is 1. The number of carbonyl (C=O) groups is 2. The third kappa shape index (κ3) is 4.49. The van der Waals surface area contributed by atoms with Gasteiger partial charge in [0.05, 0.1) is 18.8 Å². The summed E-state index contributed by atoms with van der Waals surface area (Å²) < 4.78 is 5.63. The van der Waals surface area contributed by atoms with Gasteiger partial charge in [-0.05, 0) is 37.1 Å². The molecule has 2 aromatic rings. The van der Waals surface area contributed by atoms with Gasteiger partial charge in [0, 0.05) is 18.7 Å². The standard InChI is InChI=1S/C21H24N2O3/c1-15-13-23(14-16(2)26-15)20(24)12-22-21(25)19-10-8-18(9-11-19)17-6-4-3-5-7-17/h3-11,15-16H,12-14H2,1-2H3,(H,22,25). The van der Waals surface area contributed by atoms with E-state index in [0.717, 1.165) is 11.1 Å². The maximum Gasteiger partial charge on any atom is 0.251 e. The highest BCUT2D eigenvalue weighted by molar-refractivity contribution is 5.96. The van der Waals surface area contributed by atoms with Crippen LogP contribution in [0.15, 0.2) is 54.6 Å². The van der Waals surface area contributed by atoms with E-state index in [9.17, 15) is 9.59 Å². The molecule has 5 heteroatoms. The monoisotopic (exact) mass is 352 g/mol. The number of carbonyl (C=O) groups excluding carboxylic acids is 2. The Morgan fingerprint density at radius 1 is 0.962 bits per heavy atom. The van der Waals surface area contributed by atoms with Crippen molar-refractivity contribution < 1.29 is 14.3 Å². The van der Waals surface area contributed by atoms with E-state index in [2.05, 4.69) is 5.32 Å². The second kappa shape index (κ2) is 8.15. The summed E-state index contributed by atoms with van der Waals surface area (Å²) in [5, 5.41) is 2.71. The van der Waals surface area contributed by atoms with Gasteiger partial charge in [-0.25, -0.2) is 0 Å². The maximum absolute atomic E-state index is 12.3. The molecule has 136 valence electrons. The van der Waals surface area contributed by atoms with Crippen LogP contribution in [0.1, 0.15) is 24.2 Å². The summed E-state index contributed by atoms with van der Waals surface area (Å²) in [7, 11) is 0. The zero-order valence-electron chi connectivity index (χ0n) is 15.1. The predicted octanol–water partition coefficient (Wildman–Crippen LogP) is 2.72. The van der Waals surface area contributed by atoms with Crippen molar-refractivity contribution in [3.05, 3.63) is 60.2 Å². The van der Waals surface area contributed by atoms with E-state index < -0.39 is 0 Å². The van der Waals surface area contributed by atoms with E-state index in [0.29, 0.717) is 18.7 Å². The van der Waals surface area contributed by atoms with Crippen LogP contribution in [0.5, 0.6) is 0 Å². The molecule has 1 heterocycles. The minimum absolute atomic E-state index is 0.00128. The Kier molecular flexibility index (Phi) is 5.68. The lowest BCUT2D eigenvalue weighted by molar-refractivity contribution is -0.142. The van der Waals surface area contributed by atoms with Crippen LogP contribution in [-0.2, 0) is 9.53 Å². The fourth-order valence-electron chi connectivity index (χ4n) is 3.20. The minimum atomic E-state index is -0.243. The highest BCUT2D eigenvalue weighted by atomic mass is 16.5. The Bertz CT molecular complexity index is 749. The average Bonchev–Trinajstić information content (AvgIpc) is 2.66. The second-order valence-electron chi connectivity index (χ2n) is 6.68. The molecule has 2 aromatic carbocycles. The van der Waals surface area contributed by atoms with Gasteiger partial charge in [0.2, 0.25) is 5.91 Å². The molecular weight excluding hydrogens is 328 g/mol. The van der Waals surface area contributed by atoms with E-state index >= 15 is 0 Å². The summed E-state index contributed by atoms with van der Waals surface area (Å²) in [6, 6.07) is 17.4. The molecular formula is C21H24N2O3. The summed E-state index contributed by atoms with van der Waals surface area (Å²) in [5.41, 5.74) is 2.70. The van der Waals surface area contributed by atoms with Crippen LogP contribution in [0.25, 0.3) is 11.1 Å². The summed E-state index contributed by atoms with van der Waals surface area (Å²) in [4.78, 5) is 26.4. The van der Waals surface area contributed by atoms with Gasteiger partial charge in [0.1, 0.15) is 0 Å². The highest BCUT2D eigenvalue weighted by Gasteiger charge is 2.25. The quantitative estimate of drug-likeness (QED) is 0.920. The fourth-order valence-corrected chi connectivity index (χ4v) is 3.20. The highest BCUT2D eigenvalue weighted by Crippen LogP contribution is 2.19. The molecule has 1 aliphatic rings. The van der Waals surface area contributed by atoms with Crippen LogP contribution in [0.2, 0.25) is 0 Å². The van der Waals surface area contributed by atoms with E-state index in [4.69, 9.17) is 4.74 Å². The first-order valence-corrected chi connectivity index (χ1v) is 8.90. The van der Waals surface area contributed by atoms with Crippen molar-refractivity contribution in [1.29, 1.82) is 0 Å². The van der Waals surface area contributed by atoms with Crippen LogP contribution in [-0.4, -0.2) is 48.6 Å². The molecule has 0 saturated carbocycles. The smallest absolute Gasteiger partial charge is 0.251 e. The molecule has 0 bridgehead atoms. The largest absolute Gasteiger partial charge is 0.372 e. The minimum Gasteiger partial charge on any atom is -0.372 e. The molecule has 2 unspecified atom stereocenters. The zero-order valence-corrected chi connectivity index (χ0v) is 15.1. The van der Waals surface area contributed by atoms with Crippen LogP contribution < -0.4 is 5.32 Å². The average molecular weight is 352 g/mol. The summed E-state index contributed by atoms with van der Waals surface area (Å²) in [6.45, 7) is 5.01. The Hall–Kier alpha value is -2.66. The van der Waals surface area contributed by atoms with Gasteiger partial charge in [0.15, 0.2) is 0 Å². The predicted molar refractivity (Wildman–Crippen MR) is 101 cm³/mol. The lowest BCUT2D eigenvalue weighted by Gasteiger charge is -2.35. The number of hydrogen-bond donors (Lipinski definition) is 1. The normalized spacial score (nSPS) is 19.8. The molecule has 1 saturated heterocycles. The first-order chi connectivity index (χ1) is 12.5. The molecule has 2 atom stereocenters. The number of rotatable bonds is 4. The maximum atomic E-state index is 12.3. The number of hydrogen-bond acceptors (Lipinski definition) is 3. The van der Waals surface area contributed by atoms with Gasteiger partial charge in [-0.2, -0.15) is 0 Å². The lowest BCUT2D eigenvalue weighted by atomic mass is 10.0. The zero-order chi connectivity index (χ0) is 18.5. The Labute approximate surface area is 154 Å². The Balaban J connectivity index is 1.56. The lowest BCUT2D eigenvalue weighted by Crippen LogP contribution is -2.51. The first-order valence-electron chi connectivity index (χ1n) is 8.90. The number of ether oxygens (including phenoxy) is 1. The Morgan fingerprint density at radius 2 is 1.54 bits per heavy atom. The van der Waals surface area contributed by atoms with Gasteiger partial charge >= 0.3 is 0 Å². The van der Waals surface area contributed by atoms with Gasteiger partial charge in [-0.1, -0.05) is 42.5 Å². The third-order valence-corrected chi connectivity index (χ3v) is 4.43. The third-order valence-electron chi connectivity index (χ3n) is 4.43. The Morgan fingerprint density at radius 3 is 2.15 bits per heavy atom. The van der Waals surface area contributed by atoms with Crippen molar-refractivity contribution in [3.8, 4) is 11.1 Å². The molecule has 2 amide bonds. The molecule has 0 aliphatic carbocycles. The molecule has 1 N–H and O–H groups in total. The molecule has 3 rings (SSSR count). The van der Waals surface area contributed by atoms with Gasteiger partial charge in [-0.3, -0.25) is 9.59 Å². The molecule has 5 nitrogen and oxygen atoms in total. The molecule has 1 fully saturated rings. The number of morpholine rings is 1. The van der Waals surface area contributed by atoms with Crippen molar-refractivity contribution in [3.63, 3.8) is 0 Å². The molecule has 0 spiro atoms. The van der Waals surface area contributed by atoms with Crippen molar-refractivity contribution >= 4 is 11.8 Å². The number of amides is 2. The van der Waals surface area contributed by atoms with E-state index in [1.165, 1.54) is 0 Å². The second-order valence-corrected chi connectivity index (χ2v) is 6.68. The summed E-state index contributed by atoms with van der Waals surface area (Å²) >= 11 is 0. The molecule has 0 radical (unpaired) electrons. The van der Waals surface area contributed by atoms with Crippen molar-refractivity contribution in [1.82, 2.24) is 10.2 Å². The van der Waals surface area contributed by atoms with Gasteiger partial charge in [-0.15, -0.1) is 0 Å². The van der Waals surface area contributed by atoms with Gasteiger partial charge in [0.25, 0.3) is 5.91 Å². The molecule has 26 heavy (non-hydrogen) atoms. The summed E-state index contributed by atoms with van der Waals surface area (Å²) in [5.74, 6) is -0.325. The van der Waals surface area contributed by atoms with Gasteiger partial charge < -0.3 is 15.0 Å². The van der Waals surface area contributed by atoms with E-state index in [1.54, 1.807) is 17.0 Å². The van der Waals surface area contributed by atoms with Crippen LogP contribution in [0.3, 0.4) is 0 Å². The van der Waals surface area contributed by atoms with Crippen molar-refractivity contribution in [2.45, 2.75) is 26.1 Å². The van der Waals surface area contributed by atoms with Crippen LogP contribution in [0.4, 0.5) is 0 Å². The van der Waals surface area contributed by atoms with E-state index in [-0.39, 0.29) is 30.6 Å². The van der Waals surface area contributed by atoms with Crippen LogP contribution in [0, 0.1) is 0 Å². The first kappa shape index (κ1) is 18.1. The summed E-state index contributed by atoms with van der Waals surface area (Å²) in [6.07, 6.45) is 0.0351. The SMILES string of the molecule is CC1CN(C(=O)CNC(=O)c2ccc(-c3ccccc3)cc2)CC(C)O1. The van der Waals surface area contributed by atoms with Crippen molar-refractivity contribution in [2.24, 2.45) is 0 Å².